The van der Waals surface area contributed by atoms with Gasteiger partial charge in [-0.3, -0.25) is 4.18 Å². The van der Waals surface area contributed by atoms with Crippen molar-refractivity contribution in [3.05, 3.63) is 40.8 Å². The number of hydrogen-bond acceptors (Lipinski definition) is 7. The molecule has 0 spiro atoms. The van der Waals surface area contributed by atoms with Crippen molar-refractivity contribution >= 4 is 21.4 Å². The van der Waals surface area contributed by atoms with E-state index in [0.717, 1.165) is 12.5 Å². The molecule has 0 unspecified atom stereocenters. The van der Waals surface area contributed by atoms with Crippen molar-refractivity contribution in [1.29, 1.82) is 0 Å². The molecule has 0 fully saturated rings. The quantitative estimate of drug-likeness (QED) is 0.270. The largest absolute Gasteiger partial charge is 1.00 e. The van der Waals surface area contributed by atoms with Crippen molar-refractivity contribution in [2.24, 2.45) is 0 Å². The predicted molar refractivity (Wildman–Crippen MR) is 60.9 cm³/mol. The average Bonchev–Trinajstić information content (AvgIpc) is 2.28. The molecule has 0 saturated carbocycles. The molecule has 19 heavy (non-hydrogen) atoms. The molecule has 0 amide bonds. The summed E-state index contributed by atoms with van der Waals surface area (Å²) in [6.07, 6.45) is 0. The summed E-state index contributed by atoms with van der Waals surface area (Å²) in [6.45, 7) is 0. The van der Waals surface area contributed by atoms with Gasteiger partial charge < -0.3 is 14.1 Å². The molecule has 98 valence electrons. The van der Waals surface area contributed by atoms with Crippen LogP contribution >= 0.6 is 0 Å². The smallest absolute Gasteiger partial charge is 0.726 e. The van der Waals surface area contributed by atoms with Crippen LogP contribution in [0.15, 0.2) is 39.5 Å². The van der Waals surface area contributed by atoms with Crippen LogP contribution in [0.2, 0.25) is 0 Å². The summed E-state index contributed by atoms with van der Waals surface area (Å²) in [5.41, 5.74) is -0.00407. The van der Waals surface area contributed by atoms with E-state index in [4.69, 9.17) is 9.52 Å². The van der Waals surface area contributed by atoms with Crippen molar-refractivity contribution in [3.8, 4) is 5.75 Å². The van der Waals surface area contributed by atoms with Gasteiger partial charge in [0.25, 0.3) is 0 Å². The molecule has 7 nitrogen and oxygen atoms in total. The first-order valence-electron chi connectivity index (χ1n) is 4.56. The van der Waals surface area contributed by atoms with Crippen molar-refractivity contribution in [1.82, 2.24) is 0 Å². The number of rotatable bonds is 1. The molecule has 0 aliphatic rings. The van der Waals surface area contributed by atoms with Gasteiger partial charge in [0.15, 0.2) is 0 Å². The van der Waals surface area contributed by atoms with Crippen molar-refractivity contribution in [3.63, 3.8) is 0 Å². The van der Waals surface area contributed by atoms with E-state index in [1.54, 1.807) is 18.2 Å². The van der Waals surface area contributed by atoms with E-state index in [1.165, 1.54) is 12.1 Å². The van der Waals surface area contributed by atoms with Crippen LogP contribution in [0.5, 0.6) is 5.75 Å². The van der Waals surface area contributed by atoms with Crippen LogP contribution in [-0.4, -0.2) is 25.2 Å². The molecular formula is C10H9KO7S. The Morgan fingerprint density at radius 2 is 1.79 bits per heavy atom. The van der Waals surface area contributed by atoms with Gasteiger partial charge in [0.1, 0.15) is 11.3 Å². The summed E-state index contributed by atoms with van der Waals surface area (Å²) in [7, 11) is -3.60. The molecule has 0 radical (unpaired) electrons. The number of phenols is 1. The maximum absolute atomic E-state index is 10.7. The number of aromatic hydroxyl groups is 1. The molecule has 1 heterocycles. The van der Waals surface area contributed by atoms with Crippen LogP contribution in [0.4, 0.5) is 0 Å². The third kappa shape index (κ3) is 7.18. The summed E-state index contributed by atoms with van der Waals surface area (Å²) >= 11 is 0. The van der Waals surface area contributed by atoms with E-state index >= 15 is 0 Å². The monoisotopic (exact) mass is 312 g/mol. The second-order valence-corrected chi connectivity index (χ2v) is 4.20. The molecular weight excluding hydrogens is 303 g/mol. The first-order chi connectivity index (χ1) is 8.31. The molecule has 1 N–H and O–H groups in total. The fraction of sp³-hybridized carbons (Fsp3) is 0.100. The minimum atomic E-state index is -4.41. The first-order valence-corrected chi connectivity index (χ1v) is 5.89. The van der Waals surface area contributed by atoms with E-state index in [0.29, 0.717) is 5.58 Å². The van der Waals surface area contributed by atoms with E-state index in [2.05, 4.69) is 4.18 Å². The summed E-state index contributed by atoms with van der Waals surface area (Å²) in [5.74, 6) is 0.0943. The second kappa shape index (κ2) is 8.12. The van der Waals surface area contributed by atoms with Gasteiger partial charge in [0, 0.05) is 17.5 Å². The minimum absolute atomic E-state index is 0. The molecule has 9 heteroatoms. The molecule has 2 aromatic rings. The normalized spacial score (nSPS) is 10.2. The average molecular weight is 312 g/mol. The van der Waals surface area contributed by atoms with Crippen LogP contribution in [0.3, 0.4) is 0 Å². The SMILES string of the molecule is COS(=O)(=O)[O-].O=c1ccc2ccc(O)cc2o1.[K+]. The predicted octanol–water partition coefficient (Wildman–Crippen LogP) is -2.40. The summed E-state index contributed by atoms with van der Waals surface area (Å²) in [5, 5.41) is 9.86. The van der Waals surface area contributed by atoms with Crippen LogP contribution in [0, 0.1) is 0 Å². The summed E-state index contributed by atoms with van der Waals surface area (Å²) < 4.78 is 35.8. The van der Waals surface area contributed by atoms with Crippen molar-refractivity contribution < 1.29 is 78.1 Å². The molecule has 0 aliphatic heterocycles. The Morgan fingerprint density at radius 3 is 2.32 bits per heavy atom. The molecule has 2 rings (SSSR count). The zero-order valence-corrected chi connectivity index (χ0v) is 14.1. The number of fused-ring (bicyclic) bond motifs is 1. The summed E-state index contributed by atoms with van der Waals surface area (Å²) in [4.78, 5) is 10.7. The topological polar surface area (TPSA) is 117 Å². The number of hydrogen-bond donors (Lipinski definition) is 1. The van der Waals surface area contributed by atoms with Gasteiger partial charge in [-0.15, -0.1) is 0 Å². The van der Waals surface area contributed by atoms with Crippen molar-refractivity contribution in [2.75, 3.05) is 7.11 Å². The molecule has 0 saturated heterocycles. The van der Waals surface area contributed by atoms with Crippen molar-refractivity contribution in [2.45, 2.75) is 0 Å². The van der Waals surface area contributed by atoms with Gasteiger partial charge in [0.05, 0.1) is 7.11 Å². The standard InChI is InChI=1S/C9H6O3.CH4O4S.K/c10-7-3-1-6-2-4-9(11)12-8(6)5-7;1-5-6(2,3)4;/h1-5,10H;1H3,(H,2,3,4);/q;;+1/p-1. The number of phenolic OH excluding ortho intramolecular Hbond substituents is 1. The van der Waals surface area contributed by atoms with Gasteiger partial charge in [-0.1, -0.05) is 0 Å². The molecule has 1 aromatic carbocycles. The zero-order chi connectivity index (χ0) is 13.8. The van der Waals surface area contributed by atoms with E-state index in [1.807, 2.05) is 0 Å². The Labute approximate surface area is 151 Å². The second-order valence-electron chi connectivity index (χ2n) is 3.05. The minimum Gasteiger partial charge on any atom is -0.726 e. The first kappa shape index (κ1) is 18.7. The van der Waals surface area contributed by atoms with Gasteiger partial charge >= 0.3 is 57.0 Å². The van der Waals surface area contributed by atoms with E-state index in [-0.39, 0.29) is 57.1 Å². The van der Waals surface area contributed by atoms with Gasteiger partial charge in [-0.05, 0) is 18.2 Å². The molecule has 0 bridgehead atoms. The summed E-state index contributed by atoms with van der Waals surface area (Å²) in [6, 6.07) is 7.65. The zero-order valence-electron chi connectivity index (χ0n) is 10.2. The van der Waals surface area contributed by atoms with Gasteiger partial charge in [-0.2, -0.15) is 0 Å². The molecule has 0 aliphatic carbocycles. The third-order valence-electron chi connectivity index (χ3n) is 1.81. The Kier molecular flexibility index (Phi) is 8.01. The van der Waals surface area contributed by atoms with Crippen LogP contribution in [0.25, 0.3) is 11.0 Å². The fourth-order valence-corrected chi connectivity index (χ4v) is 1.05. The molecule has 0 atom stereocenters. The maximum Gasteiger partial charge on any atom is 1.00 e. The van der Waals surface area contributed by atoms with Crippen LogP contribution < -0.4 is 57.0 Å². The Morgan fingerprint density at radius 1 is 1.26 bits per heavy atom. The van der Waals surface area contributed by atoms with Crippen LogP contribution in [-0.2, 0) is 14.6 Å². The van der Waals surface area contributed by atoms with Gasteiger partial charge in [-0.25, -0.2) is 13.2 Å². The van der Waals surface area contributed by atoms with Gasteiger partial charge in [0.2, 0.25) is 10.4 Å². The Bertz CT molecular complexity index is 692. The molecule has 1 aromatic heterocycles. The Balaban J connectivity index is 0.000000404. The van der Waals surface area contributed by atoms with E-state index < -0.39 is 16.0 Å². The van der Waals surface area contributed by atoms with E-state index in [9.17, 15) is 17.8 Å². The third-order valence-corrected chi connectivity index (χ3v) is 2.22. The fourth-order valence-electron chi connectivity index (χ4n) is 1.05. The number of benzene rings is 1. The van der Waals surface area contributed by atoms with Crippen LogP contribution in [0.1, 0.15) is 0 Å². The Hall–Kier alpha value is -0.264. The maximum atomic E-state index is 10.7.